The van der Waals surface area contributed by atoms with Crippen LogP contribution in [0.25, 0.3) is 6.08 Å². The van der Waals surface area contributed by atoms with Gasteiger partial charge < -0.3 is 49.4 Å². The zero-order chi connectivity index (χ0) is 32.4. The Morgan fingerprint density at radius 1 is 1.02 bits per heavy atom. The van der Waals surface area contributed by atoms with E-state index in [-0.39, 0.29) is 31.1 Å². The van der Waals surface area contributed by atoms with Crippen LogP contribution in [0.15, 0.2) is 53.6 Å². The summed E-state index contributed by atoms with van der Waals surface area (Å²) in [5.74, 6) is -1.01. The summed E-state index contributed by atoms with van der Waals surface area (Å²) in [7, 11) is 0. The number of benzene rings is 2. The van der Waals surface area contributed by atoms with Crippen molar-refractivity contribution in [3.05, 3.63) is 75.0 Å². The average molecular weight is 671 g/mol. The van der Waals surface area contributed by atoms with Gasteiger partial charge in [0.15, 0.2) is 11.6 Å². The van der Waals surface area contributed by atoms with E-state index in [4.69, 9.17) is 46.9 Å². The molecule has 3 unspecified atom stereocenters. The van der Waals surface area contributed by atoms with Crippen LogP contribution in [0.4, 0.5) is 4.39 Å². The summed E-state index contributed by atoms with van der Waals surface area (Å²) in [4.78, 5) is 12.8. The van der Waals surface area contributed by atoms with E-state index in [0.29, 0.717) is 26.9 Å². The molecule has 0 bridgehead atoms. The monoisotopic (exact) mass is 669 g/mol. The van der Waals surface area contributed by atoms with Crippen LogP contribution in [0.3, 0.4) is 0 Å². The average Bonchev–Trinajstić information content (AvgIpc) is 3.63. The van der Waals surface area contributed by atoms with Crippen molar-refractivity contribution in [1.29, 1.82) is 0 Å². The Hall–Kier alpha value is -2.78. The highest BCUT2D eigenvalue weighted by Gasteiger charge is 2.53. The van der Waals surface area contributed by atoms with Gasteiger partial charge in [0.05, 0.1) is 17.2 Å². The van der Waals surface area contributed by atoms with E-state index in [9.17, 15) is 29.6 Å². The minimum Gasteiger partial charge on any atom is -0.488 e. The number of hydrogen-bond donors (Lipinski definition) is 5. The highest BCUT2D eigenvalue weighted by molar-refractivity contribution is 6.35. The summed E-state index contributed by atoms with van der Waals surface area (Å²) in [6.07, 6.45) is -5.24. The van der Waals surface area contributed by atoms with E-state index >= 15 is 0 Å². The maximum Gasteiger partial charge on any atom is 0.247 e. The second-order valence-electron chi connectivity index (χ2n) is 11.1. The largest absolute Gasteiger partial charge is 0.488 e. The van der Waals surface area contributed by atoms with Crippen molar-refractivity contribution in [3.8, 4) is 11.5 Å². The number of fused-ring (bicyclic) bond motifs is 1. The molecule has 0 spiro atoms. The first-order chi connectivity index (χ1) is 21.4. The van der Waals surface area contributed by atoms with Crippen LogP contribution in [0.2, 0.25) is 10.0 Å². The smallest absolute Gasteiger partial charge is 0.247 e. The molecule has 2 aromatic carbocycles. The van der Waals surface area contributed by atoms with Crippen LogP contribution in [0, 0.1) is 5.82 Å². The SMILES string of the molecule is C/C(=C\c1ccc(O[C@H]2C[C@H](O)[C@@H](/C(C)=C/COc3ccc(Cl)cc3Cl)O2)c(F)c1)C(=O)N[C@@H]1C(O)C(O)C2OCO[C@H]2[C@@H]1O. The van der Waals surface area contributed by atoms with Crippen molar-refractivity contribution in [1.82, 2.24) is 5.32 Å². The number of halogens is 3. The standard InChI is InChI=1S/C31H34Cl2FNO10/c1-14(7-8-41-21-6-4-17(32)11-18(21)33)28-20(36)12-23(45-28)44-22-5-3-16(10-19(22)34)9-15(2)31(40)35-24-25(37)27(39)30-29(26(24)38)42-13-43-30/h3-7,9-11,20,23-30,36-39H,8,12-13H2,1-2H3,(H,35,40)/b14-7+,15-9+/t20-,23+,24+,25?,26+,27?,28+,29-,30?/m0/s1. The number of carbonyl (C=O) groups is 1. The lowest BCUT2D eigenvalue weighted by molar-refractivity contribution is -0.155. The quantitative estimate of drug-likeness (QED) is 0.199. The van der Waals surface area contributed by atoms with Crippen LogP contribution in [-0.4, -0.2) is 94.8 Å². The first-order valence-electron chi connectivity index (χ1n) is 14.2. The third-order valence-electron chi connectivity index (χ3n) is 7.93. The Kier molecular flexibility index (Phi) is 10.7. The third-order valence-corrected chi connectivity index (χ3v) is 8.46. The number of nitrogens with one attached hydrogen (secondary N) is 1. The predicted octanol–water partition coefficient (Wildman–Crippen LogP) is 2.74. The van der Waals surface area contributed by atoms with Gasteiger partial charge in [0.1, 0.15) is 55.8 Å². The van der Waals surface area contributed by atoms with Gasteiger partial charge in [0.25, 0.3) is 0 Å². The topological polar surface area (TPSA) is 156 Å². The normalized spacial score (nSPS) is 31.9. The molecule has 2 aromatic rings. The van der Waals surface area contributed by atoms with Gasteiger partial charge in [0, 0.05) is 17.0 Å². The summed E-state index contributed by atoms with van der Waals surface area (Å²) in [6.45, 7) is 3.27. The first kappa shape index (κ1) is 33.6. The lowest BCUT2D eigenvalue weighted by atomic mass is 9.83. The molecule has 9 atom stereocenters. The lowest BCUT2D eigenvalue weighted by Gasteiger charge is -2.41. The Balaban J connectivity index is 1.15. The molecule has 14 heteroatoms. The van der Waals surface area contributed by atoms with Crippen molar-refractivity contribution < 1.29 is 53.3 Å². The number of ether oxygens (including phenoxy) is 5. The van der Waals surface area contributed by atoms with Crippen molar-refractivity contribution in [2.45, 2.75) is 75.3 Å². The van der Waals surface area contributed by atoms with Crippen molar-refractivity contribution >= 4 is 35.2 Å². The van der Waals surface area contributed by atoms with Gasteiger partial charge in [0.2, 0.25) is 12.2 Å². The fourth-order valence-electron chi connectivity index (χ4n) is 5.47. The number of aliphatic hydroxyl groups excluding tert-OH is 4. The number of aliphatic hydroxyl groups is 4. The molecule has 1 saturated carbocycles. The molecule has 5 N–H and O–H groups in total. The molecule has 3 fully saturated rings. The summed E-state index contributed by atoms with van der Waals surface area (Å²) in [5.41, 5.74) is 1.19. The van der Waals surface area contributed by atoms with Crippen LogP contribution < -0.4 is 14.8 Å². The van der Waals surface area contributed by atoms with E-state index < -0.39 is 66.8 Å². The highest BCUT2D eigenvalue weighted by Crippen LogP contribution is 2.32. The van der Waals surface area contributed by atoms with Crippen LogP contribution in [-0.2, 0) is 19.0 Å². The first-order valence-corrected chi connectivity index (χ1v) is 15.0. The highest BCUT2D eigenvalue weighted by atomic mass is 35.5. The molecule has 1 amide bonds. The molecule has 11 nitrogen and oxygen atoms in total. The number of rotatable bonds is 9. The zero-order valence-electron chi connectivity index (χ0n) is 24.3. The predicted molar refractivity (Wildman–Crippen MR) is 160 cm³/mol. The van der Waals surface area contributed by atoms with Gasteiger partial charge >= 0.3 is 0 Å². The minimum atomic E-state index is -1.49. The summed E-state index contributed by atoms with van der Waals surface area (Å²) < 4.78 is 42.7. The summed E-state index contributed by atoms with van der Waals surface area (Å²) >= 11 is 12.0. The van der Waals surface area contributed by atoms with Gasteiger partial charge in [-0.3, -0.25) is 4.79 Å². The minimum absolute atomic E-state index is 0.104. The molecule has 2 saturated heterocycles. The molecule has 45 heavy (non-hydrogen) atoms. The maximum absolute atomic E-state index is 15.0. The molecule has 0 radical (unpaired) electrons. The van der Waals surface area contributed by atoms with Gasteiger partial charge in [-0.15, -0.1) is 0 Å². The molecule has 2 aliphatic heterocycles. The number of amides is 1. The van der Waals surface area contributed by atoms with Crippen molar-refractivity contribution in [2.24, 2.45) is 0 Å². The van der Waals surface area contributed by atoms with E-state index in [2.05, 4.69) is 5.32 Å². The van der Waals surface area contributed by atoms with E-state index in [1.165, 1.54) is 31.2 Å². The van der Waals surface area contributed by atoms with Crippen molar-refractivity contribution in [2.75, 3.05) is 13.4 Å². The van der Waals surface area contributed by atoms with Crippen LogP contribution >= 0.6 is 23.2 Å². The number of hydrogen-bond acceptors (Lipinski definition) is 10. The van der Waals surface area contributed by atoms with Gasteiger partial charge in [-0.25, -0.2) is 4.39 Å². The molecular weight excluding hydrogens is 636 g/mol. The fourth-order valence-corrected chi connectivity index (χ4v) is 5.93. The van der Waals surface area contributed by atoms with Crippen LogP contribution in [0.5, 0.6) is 11.5 Å². The Morgan fingerprint density at radius 3 is 2.44 bits per heavy atom. The van der Waals surface area contributed by atoms with Gasteiger partial charge in [-0.2, -0.15) is 0 Å². The zero-order valence-corrected chi connectivity index (χ0v) is 25.8. The molecule has 244 valence electrons. The van der Waals surface area contributed by atoms with Gasteiger partial charge in [-0.05, 0) is 67.5 Å². The second kappa shape index (κ2) is 14.3. The molecule has 2 heterocycles. The fraction of sp³-hybridized carbons (Fsp3) is 0.452. The second-order valence-corrected chi connectivity index (χ2v) is 12.0. The summed E-state index contributed by atoms with van der Waals surface area (Å²) in [5, 5.41) is 45.2. The van der Waals surface area contributed by atoms with Crippen molar-refractivity contribution in [3.63, 3.8) is 0 Å². The molecule has 5 rings (SSSR count). The summed E-state index contributed by atoms with van der Waals surface area (Å²) in [6, 6.07) is 7.74. The lowest BCUT2D eigenvalue weighted by Crippen LogP contribution is -2.67. The van der Waals surface area contributed by atoms with E-state index in [0.717, 1.165) is 0 Å². The molecular formula is C31H34Cl2FNO10. The Bertz CT molecular complexity index is 1460. The van der Waals surface area contributed by atoms with E-state index in [1.807, 2.05) is 0 Å². The molecule has 3 aliphatic rings. The maximum atomic E-state index is 15.0. The molecule has 0 aromatic heterocycles. The van der Waals surface area contributed by atoms with Gasteiger partial charge in [-0.1, -0.05) is 29.3 Å². The Labute approximate surface area is 268 Å². The number of carbonyl (C=O) groups excluding carboxylic acids is 1. The van der Waals surface area contributed by atoms with Crippen LogP contribution in [0.1, 0.15) is 25.8 Å². The third kappa shape index (κ3) is 7.62. The molecule has 1 aliphatic carbocycles. The Morgan fingerprint density at radius 2 is 1.73 bits per heavy atom. The van der Waals surface area contributed by atoms with E-state index in [1.54, 1.807) is 31.2 Å².